The van der Waals surface area contributed by atoms with Gasteiger partial charge in [-0.3, -0.25) is 5.10 Å². The van der Waals surface area contributed by atoms with Gasteiger partial charge in [0.15, 0.2) is 5.16 Å². The second kappa shape index (κ2) is 8.41. The van der Waals surface area contributed by atoms with Gasteiger partial charge in [0, 0.05) is 42.5 Å². The van der Waals surface area contributed by atoms with Crippen LogP contribution in [0.25, 0.3) is 27.0 Å². The molecule has 0 unspecified atom stereocenters. The molecule has 4 heterocycles. The minimum Gasteiger partial charge on any atom is -0.444 e. The molecule has 35 heavy (non-hydrogen) atoms. The molecule has 2 saturated heterocycles. The zero-order valence-electron chi connectivity index (χ0n) is 20.7. The summed E-state index contributed by atoms with van der Waals surface area (Å²) in [4.78, 5) is 29.9. The van der Waals surface area contributed by atoms with Gasteiger partial charge in [0.2, 0.25) is 0 Å². The average Bonchev–Trinajstić information content (AvgIpc) is 3.43. The van der Waals surface area contributed by atoms with E-state index in [1.54, 1.807) is 11.1 Å². The maximum Gasteiger partial charge on any atom is 0.410 e. The summed E-state index contributed by atoms with van der Waals surface area (Å²) in [6, 6.07) is 4.02. The van der Waals surface area contributed by atoms with Crippen molar-refractivity contribution in [2.24, 2.45) is 5.41 Å². The summed E-state index contributed by atoms with van der Waals surface area (Å²) < 4.78 is 5.53. The van der Waals surface area contributed by atoms with Crippen molar-refractivity contribution in [2.75, 3.05) is 37.3 Å². The number of fused-ring (bicyclic) bond motifs is 1. The number of hydrogen-bond donors (Lipinski definition) is 1. The topological polar surface area (TPSA) is 91.6 Å². The minimum absolute atomic E-state index is 0.00131. The fraction of sp³-hybridized carbons (Fsp3) is 0.480. The number of benzene rings is 1. The lowest BCUT2D eigenvalue weighted by atomic mass is 9.79. The standard InChI is InChI=1S/C25H29N7O2S/c1-15-7-8-17-16(11-27-30-17)18(15)19-20(26-5)21(29-22(28-19)35-6)31-10-9-25(12-31)13-32(14-25)23(33)34-24(2,3)4/h7-8,11H,9-10,12-14H2,1-4,6H3,(H,27,30). The van der Waals surface area contributed by atoms with E-state index >= 15 is 0 Å². The summed E-state index contributed by atoms with van der Waals surface area (Å²) in [6.07, 6.45) is 4.41. The lowest BCUT2D eigenvalue weighted by Crippen LogP contribution is -2.60. The van der Waals surface area contributed by atoms with E-state index in [0.717, 1.165) is 41.5 Å². The van der Waals surface area contributed by atoms with Crippen molar-refractivity contribution in [3.8, 4) is 11.3 Å². The number of likely N-dealkylation sites (tertiary alicyclic amines) is 1. The Morgan fingerprint density at radius 1 is 1.26 bits per heavy atom. The van der Waals surface area contributed by atoms with E-state index in [-0.39, 0.29) is 11.5 Å². The van der Waals surface area contributed by atoms with E-state index in [2.05, 4.69) is 19.9 Å². The molecule has 10 heteroatoms. The molecule has 2 aliphatic rings. The van der Waals surface area contributed by atoms with Crippen molar-refractivity contribution in [1.29, 1.82) is 0 Å². The molecule has 0 radical (unpaired) electrons. The van der Waals surface area contributed by atoms with E-state index in [4.69, 9.17) is 21.3 Å². The first-order valence-electron chi connectivity index (χ1n) is 11.6. The molecule has 1 spiro atoms. The highest BCUT2D eigenvalue weighted by Crippen LogP contribution is 2.46. The Morgan fingerprint density at radius 2 is 2.03 bits per heavy atom. The Kier molecular flexibility index (Phi) is 5.63. The first-order valence-corrected chi connectivity index (χ1v) is 12.8. The Bertz CT molecular complexity index is 1350. The molecule has 3 aromatic rings. The van der Waals surface area contributed by atoms with Gasteiger partial charge in [-0.05, 0) is 52.0 Å². The molecule has 0 atom stereocenters. The number of amides is 1. The molecule has 2 aromatic heterocycles. The number of aromatic nitrogens is 4. The SMILES string of the molecule is [C-]#[N+]c1c(-c2c(C)ccc3[nH]ncc23)nc(SC)nc1N1CCC2(CN(C(=O)OC(C)(C)C)C2)C1. The third-order valence-electron chi connectivity index (χ3n) is 6.65. The molecule has 1 aromatic carbocycles. The Balaban J connectivity index is 1.47. The van der Waals surface area contributed by atoms with Gasteiger partial charge in [-0.2, -0.15) is 5.10 Å². The number of nitrogens with zero attached hydrogens (tertiary/aromatic N) is 6. The van der Waals surface area contributed by atoms with E-state index < -0.39 is 5.60 Å². The van der Waals surface area contributed by atoms with Crippen LogP contribution >= 0.6 is 11.8 Å². The zero-order chi connectivity index (χ0) is 25.0. The monoisotopic (exact) mass is 491 g/mol. The normalized spacial score (nSPS) is 17.0. The lowest BCUT2D eigenvalue weighted by Gasteiger charge is -2.47. The third-order valence-corrected chi connectivity index (χ3v) is 7.20. The third kappa shape index (κ3) is 4.18. The molecule has 5 rings (SSSR count). The number of aromatic amines is 1. The van der Waals surface area contributed by atoms with Gasteiger partial charge < -0.3 is 14.5 Å². The predicted octanol–water partition coefficient (Wildman–Crippen LogP) is 5.05. The van der Waals surface area contributed by atoms with Gasteiger partial charge in [-0.15, -0.1) is 0 Å². The molecule has 1 amide bonds. The quantitative estimate of drug-likeness (QED) is 0.311. The number of rotatable bonds is 3. The maximum atomic E-state index is 12.5. The molecular formula is C25H29N7O2S. The van der Waals surface area contributed by atoms with Crippen molar-refractivity contribution in [3.63, 3.8) is 0 Å². The summed E-state index contributed by atoms with van der Waals surface area (Å²) in [6.45, 7) is 18.6. The first kappa shape index (κ1) is 23.4. The van der Waals surface area contributed by atoms with Gasteiger partial charge >= 0.3 is 6.09 Å². The lowest BCUT2D eigenvalue weighted by molar-refractivity contribution is -0.0266. The van der Waals surface area contributed by atoms with E-state index in [0.29, 0.717) is 35.4 Å². The number of aryl methyl sites for hydroxylation is 1. The highest BCUT2D eigenvalue weighted by molar-refractivity contribution is 7.98. The number of thioether (sulfide) groups is 1. The molecular weight excluding hydrogens is 462 g/mol. The van der Waals surface area contributed by atoms with Crippen LogP contribution in [0.1, 0.15) is 32.8 Å². The minimum atomic E-state index is -0.506. The van der Waals surface area contributed by atoms with Crippen LogP contribution in [-0.2, 0) is 4.74 Å². The molecule has 1 N–H and O–H groups in total. The summed E-state index contributed by atoms with van der Waals surface area (Å²) >= 11 is 1.47. The second-order valence-corrected chi connectivity index (χ2v) is 11.2. The molecule has 0 aliphatic carbocycles. The van der Waals surface area contributed by atoms with E-state index in [1.165, 1.54) is 11.8 Å². The first-order chi connectivity index (χ1) is 16.6. The number of H-pyrrole nitrogens is 1. The fourth-order valence-electron chi connectivity index (χ4n) is 5.05. The van der Waals surface area contributed by atoms with Crippen LogP contribution in [0.5, 0.6) is 0 Å². The highest BCUT2D eigenvalue weighted by atomic mass is 32.2. The van der Waals surface area contributed by atoms with Gasteiger partial charge in [0.25, 0.3) is 5.69 Å². The van der Waals surface area contributed by atoms with Crippen molar-refractivity contribution in [3.05, 3.63) is 35.3 Å². The highest BCUT2D eigenvalue weighted by Gasteiger charge is 2.51. The number of carbonyl (C=O) groups is 1. The van der Waals surface area contributed by atoms with Gasteiger partial charge in [0.05, 0.1) is 24.0 Å². The average molecular weight is 492 g/mol. The molecule has 0 saturated carbocycles. The van der Waals surface area contributed by atoms with Crippen molar-refractivity contribution < 1.29 is 9.53 Å². The smallest absolute Gasteiger partial charge is 0.410 e. The maximum absolute atomic E-state index is 12.5. The van der Waals surface area contributed by atoms with Crippen molar-refractivity contribution in [2.45, 2.75) is 44.9 Å². The van der Waals surface area contributed by atoms with Crippen LogP contribution in [0.3, 0.4) is 0 Å². The summed E-state index contributed by atoms with van der Waals surface area (Å²) in [5.74, 6) is 0.668. The van der Waals surface area contributed by atoms with Gasteiger partial charge in [0.1, 0.15) is 11.4 Å². The Labute approximate surface area is 209 Å². The van der Waals surface area contributed by atoms with Crippen LogP contribution in [0, 0.1) is 18.9 Å². The van der Waals surface area contributed by atoms with Crippen molar-refractivity contribution in [1.82, 2.24) is 25.1 Å². The zero-order valence-corrected chi connectivity index (χ0v) is 21.5. The molecule has 9 nitrogen and oxygen atoms in total. The fourth-order valence-corrected chi connectivity index (χ4v) is 5.41. The molecule has 0 bridgehead atoms. The Hall–Kier alpha value is -3.32. The summed E-state index contributed by atoms with van der Waals surface area (Å²) in [7, 11) is 0. The van der Waals surface area contributed by atoms with E-state index in [1.807, 2.05) is 46.1 Å². The van der Waals surface area contributed by atoms with Crippen molar-refractivity contribution >= 4 is 40.3 Å². The van der Waals surface area contributed by atoms with Crippen LogP contribution in [-0.4, -0.2) is 69.2 Å². The van der Waals surface area contributed by atoms with Crippen LogP contribution < -0.4 is 4.90 Å². The summed E-state index contributed by atoms with van der Waals surface area (Å²) in [5.41, 5.74) is 3.45. The van der Waals surface area contributed by atoms with Crippen LogP contribution in [0.15, 0.2) is 23.5 Å². The molecule has 2 fully saturated rings. The molecule has 2 aliphatic heterocycles. The predicted molar refractivity (Wildman–Crippen MR) is 137 cm³/mol. The molecule has 182 valence electrons. The number of ether oxygens (including phenoxy) is 1. The van der Waals surface area contributed by atoms with Crippen LogP contribution in [0.2, 0.25) is 0 Å². The van der Waals surface area contributed by atoms with E-state index in [9.17, 15) is 4.79 Å². The number of anilines is 1. The number of hydrogen-bond acceptors (Lipinski definition) is 7. The summed E-state index contributed by atoms with van der Waals surface area (Å²) in [5, 5.41) is 8.79. The second-order valence-electron chi connectivity index (χ2n) is 10.4. The largest absolute Gasteiger partial charge is 0.444 e. The number of carbonyl (C=O) groups excluding carboxylic acids is 1. The Morgan fingerprint density at radius 3 is 2.71 bits per heavy atom. The van der Waals surface area contributed by atoms with Crippen LogP contribution in [0.4, 0.5) is 16.3 Å². The van der Waals surface area contributed by atoms with Gasteiger partial charge in [-0.1, -0.05) is 17.8 Å². The van der Waals surface area contributed by atoms with Gasteiger partial charge in [-0.25, -0.2) is 19.6 Å². The number of nitrogens with one attached hydrogen (secondary N) is 1.